The molecule has 0 amide bonds. The predicted octanol–water partition coefficient (Wildman–Crippen LogP) is 1.99. The maximum atomic E-state index is 9.71. The molecule has 0 aliphatic heterocycles. The fraction of sp³-hybridized carbons (Fsp3) is 0.375. The highest BCUT2D eigenvalue weighted by Crippen LogP contribution is 2.30. The van der Waals surface area contributed by atoms with E-state index in [1.165, 1.54) is 0 Å². The molecule has 1 aromatic rings. The van der Waals surface area contributed by atoms with Gasteiger partial charge in [0.2, 0.25) is 0 Å². The van der Waals surface area contributed by atoms with E-state index in [1.807, 2.05) is 0 Å². The smallest absolute Gasteiger partial charge is 0.0825 e. The number of aliphatic hydroxyl groups is 1. The highest BCUT2D eigenvalue weighted by molar-refractivity contribution is 9.11. The molecule has 0 aliphatic rings. The largest absolute Gasteiger partial charge is 0.388 e. The number of pyridine rings is 1. The van der Waals surface area contributed by atoms with Gasteiger partial charge in [-0.3, -0.25) is 4.98 Å². The van der Waals surface area contributed by atoms with Crippen LogP contribution in [0.1, 0.15) is 18.1 Å². The van der Waals surface area contributed by atoms with E-state index in [-0.39, 0.29) is 0 Å². The Morgan fingerprint density at radius 2 is 1.92 bits per heavy atom. The molecule has 72 valence electrons. The van der Waals surface area contributed by atoms with Crippen molar-refractivity contribution >= 4 is 31.9 Å². The van der Waals surface area contributed by atoms with Crippen molar-refractivity contribution in [2.24, 2.45) is 5.73 Å². The summed E-state index contributed by atoms with van der Waals surface area (Å²) in [6.07, 6.45) is 3.30. The number of nitrogens with zero attached hydrogens (tertiary/aromatic N) is 1. The van der Waals surface area contributed by atoms with Crippen LogP contribution in [0, 0.1) is 0 Å². The number of aromatic nitrogens is 1. The first-order chi connectivity index (χ1) is 6.16. The Kier molecular flexibility index (Phi) is 4.31. The Bertz CT molecular complexity index is 273. The normalized spacial score (nSPS) is 12.9. The minimum atomic E-state index is -0.545. The minimum Gasteiger partial charge on any atom is -0.388 e. The average Bonchev–Trinajstić information content (AvgIpc) is 2.04. The van der Waals surface area contributed by atoms with Crippen molar-refractivity contribution < 1.29 is 5.11 Å². The lowest BCUT2D eigenvalue weighted by Crippen LogP contribution is -2.08. The van der Waals surface area contributed by atoms with Crippen LogP contribution in [0.2, 0.25) is 0 Å². The van der Waals surface area contributed by atoms with Gasteiger partial charge in [-0.2, -0.15) is 0 Å². The third-order valence-electron chi connectivity index (χ3n) is 1.66. The lowest BCUT2D eigenvalue weighted by Gasteiger charge is -2.12. The van der Waals surface area contributed by atoms with Gasteiger partial charge in [0.1, 0.15) is 0 Å². The van der Waals surface area contributed by atoms with Gasteiger partial charge in [0.05, 0.1) is 6.10 Å². The molecule has 0 aromatic carbocycles. The molecule has 3 N–H and O–H groups in total. The molecule has 0 bridgehead atoms. The summed E-state index contributed by atoms with van der Waals surface area (Å²) < 4.78 is 1.59. The summed E-state index contributed by atoms with van der Waals surface area (Å²) >= 11 is 6.65. The standard InChI is InChI=1S/C8H10Br2N2O/c9-5-3-12-4-6(10)8(5)7(13)1-2-11/h3-4,7,13H,1-2,11H2. The zero-order valence-corrected chi connectivity index (χ0v) is 10.0. The van der Waals surface area contributed by atoms with E-state index >= 15 is 0 Å². The molecular formula is C8H10Br2N2O. The summed E-state index contributed by atoms with van der Waals surface area (Å²) in [6, 6.07) is 0. The van der Waals surface area contributed by atoms with Crippen LogP contribution in [0.25, 0.3) is 0 Å². The molecular weight excluding hydrogens is 300 g/mol. The van der Waals surface area contributed by atoms with Crippen molar-refractivity contribution in [2.75, 3.05) is 6.54 Å². The monoisotopic (exact) mass is 308 g/mol. The van der Waals surface area contributed by atoms with Gasteiger partial charge in [-0.15, -0.1) is 0 Å². The fourth-order valence-corrected chi connectivity index (χ4v) is 2.50. The minimum absolute atomic E-state index is 0.461. The van der Waals surface area contributed by atoms with E-state index < -0.39 is 6.10 Å². The molecule has 0 radical (unpaired) electrons. The van der Waals surface area contributed by atoms with E-state index in [2.05, 4.69) is 36.8 Å². The van der Waals surface area contributed by atoms with Crippen molar-refractivity contribution in [3.05, 3.63) is 26.9 Å². The number of rotatable bonds is 3. The molecule has 13 heavy (non-hydrogen) atoms. The highest BCUT2D eigenvalue weighted by atomic mass is 79.9. The van der Waals surface area contributed by atoms with Crippen LogP contribution in [0.15, 0.2) is 21.3 Å². The van der Waals surface area contributed by atoms with Gasteiger partial charge in [0.15, 0.2) is 0 Å². The number of halogens is 2. The van der Waals surface area contributed by atoms with Gasteiger partial charge >= 0.3 is 0 Å². The van der Waals surface area contributed by atoms with E-state index in [1.54, 1.807) is 12.4 Å². The number of aliphatic hydroxyl groups excluding tert-OH is 1. The second-order valence-corrected chi connectivity index (χ2v) is 4.32. The van der Waals surface area contributed by atoms with Crippen molar-refractivity contribution in [1.82, 2.24) is 4.98 Å². The van der Waals surface area contributed by atoms with Gasteiger partial charge in [0.25, 0.3) is 0 Å². The van der Waals surface area contributed by atoms with E-state index in [0.717, 1.165) is 14.5 Å². The molecule has 0 fully saturated rings. The molecule has 0 aliphatic carbocycles. The van der Waals surface area contributed by atoms with Gasteiger partial charge in [-0.25, -0.2) is 0 Å². The van der Waals surface area contributed by atoms with Crippen molar-refractivity contribution in [1.29, 1.82) is 0 Å². The van der Waals surface area contributed by atoms with Crippen LogP contribution in [0.3, 0.4) is 0 Å². The summed E-state index contributed by atoms with van der Waals surface area (Å²) in [5.41, 5.74) is 6.17. The van der Waals surface area contributed by atoms with Crippen molar-refractivity contribution in [2.45, 2.75) is 12.5 Å². The zero-order valence-electron chi connectivity index (χ0n) is 6.87. The van der Waals surface area contributed by atoms with Crippen LogP contribution in [-0.4, -0.2) is 16.6 Å². The van der Waals surface area contributed by atoms with Gasteiger partial charge in [0, 0.05) is 26.9 Å². The third-order valence-corrected chi connectivity index (χ3v) is 2.93. The summed E-state index contributed by atoms with van der Waals surface area (Å²) in [6.45, 7) is 0.461. The van der Waals surface area contributed by atoms with E-state index in [0.29, 0.717) is 13.0 Å². The SMILES string of the molecule is NCCC(O)c1c(Br)cncc1Br. The molecule has 1 heterocycles. The molecule has 1 aromatic heterocycles. The molecule has 1 rings (SSSR count). The third kappa shape index (κ3) is 2.74. The van der Waals surface area contributed by atoms with Crippen LogP contribution in [-0.2, 0) is 0 Å². The Morgan fingerprint density at radius 1 is 1.38 bits per heavy atom. The van der Waals surface area contributed by atoms with E-state index in [4.69, 9.17) is 5.73 Å². The fourth-order valence-electron chi connectivity index (χ4n) is 1.04. The molecule has 1 atom stereocenters. The molecule has 1 unspecified atom stereocenters. The average molecular weight is 310 g/mol. The second-order valence-electron chi connectivity index (χ2n) is 2.61. The quantitative estimate of drug-likeness (QED) is 0.897. The van der Waals surface area contributed by atoms with Crippen molar-refractivity contribution in [3.8, 4) is 0 Å². The van der Waals surface area contributed by atoms with Gasteiger partial charge < -0.3 is 10.8 Å². The first kappa shape index (κ1) is 11.1. The molecule has 0 saturated carbocycles. The Morgan fingerprint density at radius 3 is 2.38 bits per heavy atom. The summed E-state index contributed by atoms with van der Waals surface area (Å²) in [5, 5.41) is 9.71. The molecule has 0 spiro atoms. The summed E-state index contributed by atoms with van der Waals surface area (Å²) in [5.74, 6) is 0. The molecule has 3 nitrogen and oxygen atoms in total. The molecule has 5 heteroatoms. The maximum absolute atomic E-state index is 9.71. The van der Waals surface area contributed by atoms with Crippen LogP contribution in [0.4, 0.5) is 0 Å². The molecule has 0 saturated heterocycles. The van der Waals surface area contributed by atoms with Gasteiger partial charge in [-0.1, -0.05) is 0 Å². The van der Waals surface area contributed by atoms with E-state index in [9.17, 15) is 5.11 Å². The second kappa shape index (κ2) is 5.05. The zero-order chi connectivity index (χ0) is 9.84. The van der Waals surface area contributed by atoms with Crippen molar-refractivity contribution in [3.63, 3.8) is 0 Å². The number of nitrogens with two attached hydrogens (primary N) is 1. The Labute approximate surface area is 93.6 Å². The Balaban J connectivity index is 2.98. The Hall–Kier alpha value is 0.0300. The predicted molar refractivity (Wildman–Crippen MR) is 58.3 cm³/mol. The first-order valence-electron chi connectivity index (χ1n) is 3.84. The van der Waals surface area contributed by atoms with Gasteiger partial charge in [-0.05, 0) is 44.8 Å². The number of hydrogen-bond donors (Lipinski definition) is 2. The van der Waals surface area contributed by atoms with Crippen LogP contribution in [0.5, 0.6) is 0 Å². The van der Waals surface area contributed by atoms with Crippen LogP contribution < -0.4 is 5.73 Å². The highest BCUT2D eigenvalue weighted by Gasteiger charge is 2.13. The summed E-state index contributed by atoms with van der Waals surface area (Å²) in [7, 11) is 0. The van der Waals surface area contributed by atoms with Crippen LogP contribution >= 0.6 is 31.9 Å². The first-order valence-corrected chi connectivity index (χ1v) is 5.42. The number of hydrogen-bond acceptors (Lipinski definition) is 3. The lowest BCUT2D eigenvalue weighted by molar-refractivity contribution is 0.168. The lowest BCUT2D eigenvalue weighted by atomic mass is 10.1. The summed E-state index contributed by atoms with van der Waals surface area (Å²) in [4.78, 5) is 3.95. The topological polar surface area (TPSA) is 59.1 Å². The maximum Gasteiger partial charge on any atom is 0.0825 e.